The van der Waals surface area contributed by atoms with Crippen molar-refractivity contribution in [1.29, 1.82) is 0 Å². The SMILES string of the molecule is COc1ccc(CCN(Cc2ccc(C)o2)C(=O)CN(C(=O)Nc2cccc(F)c2)C(C)C)cc1OC. The van der Waals surface area contributed by atoms with Crippen LogP contribution < -0.4 is 14.8 Å². The highest BCUT2D eigenvalue weighted by molar-refractivity contribution is 5.92. The first-order chi connectivity index (χ1) is 17.7. The fraction of sp³-hybridized carbons (Fsp3) is 0.357. The largest absolute Gasteiger partial charge is 0.493 e. The van der Waals surface area contributed by atoms with E-state index in [1.165, 1.54) is 23.1 Å². The molecule has 0 saturated heterocycles. The molecule has 0 radical (unpaired) electrons. The maximum atomic E-state index is 13.6. The van der Waals surface area contributed by atoms with E-state index in [0.717, 1.165) is 11.3 Å². The predicted octanol–water partition coefficient (Wildman–Crippen LogP) is 5.26. The van der Waals surface area contributed by atoms with Gasteiger partial charge in [0.2, 0.25) is 5.91 Å². The van der Waals surface area contributed by atoms with E-state index in [2.05, 4.69) is 5.32 Å². The van der Waals surface area contributed by atoms with Crippen LogP contribution in [0.2, 0.25) is 0 Å². The number of aryl methyl sites for hydroxylation is 1. The Bertz CT molecular complexity index is 1210. The summed E-state index contributed by atoms with van der Waals surface area (Å²) in [5.41, 5.74) is 1.29. The number of nitrogens with zero attached hydrogens (tertiary/aromatic N) is 2. The lowest BCUT2D eigenvalue weighted by Gasteiger charge is -2.30. The number of ether oxygens (including phenoxy) is 2. The molecule has 0 atom stereocenters. The Hall–Kier alpha value is -4.01. The molecule has 1 aromatic heterocycles. The molecule has 0 aliphatic rings. The molecule has 37 heavy (non-hydrogen) atoms. The standard InChI is InChI=1S/C28H34FN3O5/c1-19(2)32(28(34)30-23-8-6-7-22(29)16-23)18-27(33)31(17-24-11-9-20(3)37-24)14-13-21-10-12-25(35-4)26(15-21)36-5/h6-12,15-16,19H,13-14,17-18H2,1-5H3,(H,30,34). The third-order valence-corrected chi connectivity index (χ3v) is 5.88. The zero-order valence-electron chi connectivity index (χ0n) is 21.9. The molecule has 1 heterocycles. The van der Waals surface area contributed by atoms with E-state index >= 15 is 0 Å². The summed E-state index contributed by atoms with van der Waals surface area (Å²) < 4.78 is 30.0. The number of carbonyl (C=O) groups is 2. The van der Waals surface area contributed by atoms with Gasteiger partial charge in [-0.2, -0.15) is 0 Å². The monoisotopic (exact) mass is 511 g/mol. The van der Waals surface area contributed by atoms with Gasteiger partial charge in [-0.3, -0.25) is 4.79 Å². The number of benzene rings is 2. The maximum absolute atomic E-state index is 13.6. The Morgan fingerprint density at radius 2 is 1.78 bits per heavy atom. The Morgan fingerprint density at radius 3 is 2.41 bits per heavy atom. The zero-order valence-corrected chi connectivity index (χ0v) is 21.9. The number of amides is 3. The summed E-state index contributed by atoms with van der Waals surface area (Å²) in [6.45, 7) is 5.99. The molecule has 2 aromatic carbocycles. The Labute approximate surface area is 217 Å². The number of hydrogen-bond acceptors (Lipinski definition) is 5. The van der Waals surface area contributed by atoms with Gasteiger partial charge in [0.1, 0.15) is 23.9 Å². The van der Waals surface area contributed by atoms with E-state index in [1.807, 2.05) is 51.1 Å². The number of rotatable bonds is 11. The van der Waals surface area contributed by atoms with E-state index in [-0.39, 0.29) is 25.0 Å². The number of nitrogens with one attached hydrogen (secondary N) is 1. The van der Waals surface area contributed by atoms with E-state index < -0.39 is 11.8 Å². The molecule has 8 nitrogen and oxygen atoms in total. The van der Waals surface area contributed by atoms with Gasteiger partial charge < -0.3 is 29.0 Å². The quantitative estimate of drug-likeness (QED) is 0.380. The van der Waals surface area contributed by atoms with Crippen LogP contribution in [0.25, 0.3) is 0 Å². The van der Waals surface area contributed by atoms with E-state index in [0.29, 0.717) is 35.9 Å². The minimum absolute atomic E-state index is 0.148. The average Bonchev–Trinajstić information content (AvgIpc) is 3.28. The summed E-state index contributed by atoms with van der Waals surface area (Å²) in [6.07, 6.45) is 0.558. The molecule has 198 valence electrons. The Morgan fingerprint density at radius 1 is 1.03 bits per heavy atom. The highest BCUT2D eigenvalue weighted by Gasteiger charge is 2.24. The van der Waals surface area contributed by atoms with Crippen molar-refractivity contribution in [3.8, 4) is 11.5 Å². The summed E-state index contributed by atoms with van der Waals surface area (Å²) in [4.78, 5) is 29.5. The predicted molar refractivity (Wildman–Crippen MR) is 139 cm³/mol. The molecule has 3 rings (SSSR count). The summed E-state index contributed by atoms with van der Waals surface area (Å²) in [6, 6.07) is 14.2. The number of hydrogen-bond donors (Lipinski definition) is 1. The zero-order chi connectivity index (χ0) is 26.9. The van der Waals surface area contributed by atoms with Gasteiger partial charge in [0.05, 0.1) is 20.8 Å². The van der Waals surface area contributed by atoms with Gasteiger partial charge in [-0.25, -0.2) is 9.18 Å². The van der Waals surface area contributed by atoms with Crippen molar-refractivity contribution in [1.82, 2.24) is 9.80 Å². The van der Waals surface area contributed by atoms with Gasteiger partial charge in [0, 0.05) is 18.3 Å². The second-order valence-corrected chi connectivity index (χ2v) is 8.93. The van der Waals surface area contributed by atoms with Crippen LogP contribution in [-0.2, 0) is 17.8 Å². The van der Waals surface area contributed by atoms with Gasteiger partial charge in [0.25, 0.3) is 0 Å². The van der Waals surface area contributed by atoms with Crippen LogP contribution in [0.1, 0.15) is 30.9 Å². The van der Waals surface area contributed by atoms with Gasteiger partial charge in [-0.15, -0.1) is 0 Å². The topological polar surface area (TPSA) is 84.2 Å². The molecular weight excluding hydrogens is 477 g/mol. The second kappa shape index (κ2) is 12.8. The number of anilines is 1. The van der Waals surface area contributed by atoms with Crippen LogP contribution in [0.4, 0.5) is 14.9 Å². The molecule has 3 amide bonds. The summed E-state index contributed by atoms with van der Waals surface area (Å²) in [5.74, 6) is 1.94. The molecule has 0 aliphatic heterocycles. The first-order valence-corrected chi connectivity index (χ1v) is 12.1. The number of carbonyl (C=O) groups excluding carboxylic acids is 2. The van der Waals surface area contributed by atoms with Crippen molar-refractivity contribution in [2.24, 2.45) is 0 Å². The number of urea groups is 1. The van der Waals surface area contributed by atoms with Gasteiger partial charge in [-0.1, -0.05) is 12.1 Å². The van der Waals surface area contributed by atoms with E-state index in [4.69, 9.17) is 13.9 Å². The highest BCUT2D eigenvalue weighted by atomic mass is 19.1. The number of halogens is 1. The lowest BCUT2D eigenvalue weighted by molar-refractivity contribution is -0.133. The first-order valence-electron chi connectivity index (χ1n) is 12.1. The normalized spacial score (nSPS) is 10.8. The molecule has 0 fully saturated rings. The third-order valence-electron chi connectivity index (χ3n) is 5.88. The van der Waals surface area contributed by atoms with Crippen LogP contribution in [0.3, 0.4) is 0 Å². The van der Waals surface area contributed by atoms with Crippen molar-refractivity contribution in [2.75, 3.05) is 32.6 Å². The van der Waals surface area contributed by atoms with Gasteiger partial charge >= 0.3 is 6.03 Å². The Kier molecular flexibility index (Phi) is 9.54. The van der Waals surface area contributed by atoms with E-state index in [9.17, 15) is 14.0 Å². The molecule has 9 heteroatoms. The van der Waals surface area contributed by atoms with Crippen molar-refractivity contribution in [3.63, 3.8) is 0 Å². The molecule has 0 bridgehead atoms. The molecule has 0 saturated carbocycles. The molecule has 0 aliphatic carbocycles. The number of furan rings is 1. The first kappa shape index (κ1) is 27.6. The average molecular weight is 512 g/mol. The van der Waals surface area contributed by atoms with Crippen LogP contribution in [0.15, 0.2) is 59.0 Å². The van der Waals surface area contributed by atoms with Crippen LogP contribution in [-0.4, -0.2) is 55.1 Å². The van der Waals surface area contributed by atoms with Crippen LogP contribution in [0, 0.1) is 12.7 Å². The minimum atomic E-state index is -0.484. The van der Waals surface area contributed by atoms with Crippen LogP contribution in [0.5, 0.6) is 11.5 Å². The van der Waals surface area contributed by atoms with Crippen LogP contribution >= 0.6 is 0 Å². The lowest BCUT2D eigenvalue weighted by atomic mass is 10.1. The van der Waals surface area contributed by atoms with Gasteiger partial charge in [-0.05, 0) is 75.2 Å². The molecule has 0 unspecified atom stereocenters. The number of methoxy groups -OCH3 is 2. The maximum Gasteiger partial charge on any atom is 0.322 e. The third kappa shape index (κ3) is 7.73. The molecule has 0 spiro atoms. The molecular formula is C28H34FN3O5. The minimum Gasteiger partial charge on any atom is -0.493 e. The highest BCUT2D eigenvalue weighted by Crippen LogP contribution is 2.28. The fourth-order valence-electron chi connectivity index (χ4n) is 3.85. The molecule has 1 N–H and O–H groups in total. The molecule has 3 aromatic rings. The summed E-state index contributed by atoms with van der Waals surface area (Å²) >= 11 is 0. The lowest BCUT2D eigenvalue weighted by Crippen LogP contribution is -2.47. The van der Waals surface area contributed by atoms with Crippen molar-refractivity contribution >= 4 is 17.6 Å². The van der Waals surface area contributed by atoms with Gasteiger partial charge in [0.15, 0.2) is 11.5 Å². The second-order valence-electron chi connectivity index (χ2n) is 8.93. The summed E-state index contributed by atoms with van der Waals surface area (Å²) in [5, 5.41) is 2.67. The fourth-order valence-corrected chi connectivity index (χ4v) is 3.85. The van der Waals surface area contributed by atoms with Crippen molar-refractivity contribution in [2.45, 2.75) is 39.8 Å². The van der Waals surface area contributed by atoms with E-state index in [1.54, 1.807) is 25.2 Å². The van der Waals surface area contributed by atoms with Crippen molar-refractivity contribution < 1.29 is 27.9 Å². The summed E-state index contributed by atoms with van der Waals surface area (Å²) in [7, 11) is 3.15. The Balaban J connectivity index is 1.75. The van der Waals surface area contributed by atoms with Crippen molar-refractivity contribution in [3.05, 3.63) is 77.5 Å². The smallest absolute Gasteiger partial charge is 0.322 e.